The van der Waals surface area contributed by atoms with Gasteiger partial charge in [0.2, 0.25) is 0 Å². The van der Waals surface area contributed by atoms with Crippen LogP contribution in [0, 0.1) is 0 Å². The van der Waals surface area contributed by atoms with Gasteiger partial charge in [0.25, 0.3) is 0 Å². The van der Waals surface area contributed by atoms with E-state index in [4.69, 9.17) is 16.3 Å². The van der Waals surface area contributed by atoms with E-state index in [1.807, 2.05) is 54.7 Å². The first-order valence-corrected chi connectivity index (χ1v) is 12.8. The highest BCUT2D eigenvalue weighted by molar-refractivity contribution is 6.30. The van der Waals surface area contributed by atoms with Crippen LogP contribution in [-0.4, -0.2) is 22.3 Å². The fourth-order valence-corrected chi connectivity index (χ4v) is 4.97. The summed E-state index contributed by atoms with van der Waals surface area (Å²) in [5, 5.41) is 16.4. The van der Waals surface area contributed by atoms with Crippen molar-refractivity contribution in [1.82, 2.24) is 15.2 Å². The molecule has 0 radical (unpaired) electrons. The van der Waals surface area contributed by atoms with Crippen LogP contribution in [0.5, 0.6) is 5.75 Å². The molecule has 6 aromatic rings. The van der Waals surface area contributed by atoms with Crippen molar-refractivity contribution in [1.29, 1.82) is 0 Å². The molecule has 6 rings (SSSR count). The molecule has 5 nitrogen and oxygen atoms in total. The summed E-state index contributed by atoms with van der Waals surface area (Å²) in [5.74, 6) is 1.72. The van der Waals surface area contributed by atoms with Gasteiger partial charge < -0.3 is 10.1 Å². The highest BCUT2D eigenvalue weighted by Crippen LogP contribution is 2.34. The van der Waals surface area contributed by atoms with Crippen LogP contribution in [0.2, 0.25) is 5.02 Å². The average Bonchev–Trinajstić information content (AvgIpc) is 2.97. The Kier molecular flexibility index (Phi) is 6.36. The Morgan fingerprint density at radius 2 is 1.55 bits per heavy atom. The Balaban J connectivity index is 1.29. The zero-order chi connectivity index (χ0) is 26.1. The van der Waals surface area contributed by atoms with Gasteiger partial charge in [0.05, 0.1) is 12.6 Å². The average molecular weight is 517 g/mol. The van der Waals surface area contributed by atoms with Crippen molar-refractivity contribution in [3.05, 3.63) is 119 Å². The lowest BCUT2D eigenvalue weighted by atomic mass is 9.90. The van der Waals surface area contributed by atoms with Crippen LogP contribution in [0.3, 0.4) is 0 Å². The number of benzene rings is 4. The maximum Gasteiger partial charge on any atom is 0.161 e. The third-order valence-electron chi connectivity index (χ3n) is 6.93. The van der Waals surface area contributed by atoms with Gasteiger partial charge in [0, 0.05) is 50.6 Å². The Labute approximate surface area is 226 Å². The van der Waals surface area contributed by atoms with Crippen LogP contribution >= 0.6 is 11.6 Å². The van der Waals surface area contributed by atoms with Gasteiger partial charge in [0.15, 0.2) is 5.82 Å². The SMILES string of the molecule is COc1ccc2c(C(C)c3ccc(Nc4nnc(-c5ccc(Cl)cc5)c5ccccc45)cc3)ccnc2c1. The predicted molar refractivity (Wildman–Crippen MR) is 156 cm³/mol. The lowest BCUT2D eigenvalue weighted by molar-refractivity contribution is 0.415. The minimum atomic E-state index is 0.197. The van der Waals surface area contributed by atoms with Crippen LogP contribution in [0.1, 0.15) is 24.0 Å². The van der Waals surface area contributed by atoms with Gasteiger partial charge >= 0.3 is 0 Å². The summed E-state index contributed by atoms with van der Waals surface area (Å²) >= 11 is 6.08. The molecule has 0 aliphatic carbocycles. The molecule has 0 amide bonds. The van der Waals surface area contributed by atoms with Gasteiger partial charge in [-0.3, -0.25) is 4.98 Å². The lowest BCUT2D eigenvalue weighted by Crippen LogP contribution is -2.01. The zero-order valence-electron chi connectivity index (χ0n) is 21.0. The number of aromatic nitrogens is 3. The number of ether oxygens (including phenoxy) is 1. The molecule has 0 aliphatic heterocycles. The van der Waals surface area contributed by atoms with E-state index in [2.05, 4.69) is 76.0 Å². The second-order valence-electron chi connectivity index (χ2n) is 9.20. The van der Waals surface area contributed by atoms with Gasteiger partial charge in [-0.1, -0.05) is 67.1 Å². The van der Waals surface area contributed by atoms with Crippen molar-refractivity contribution in [2.24, 2.45) is 0 Å². The third-order valence-corrected chi connectivity index (χ3v) is 7.18. The van der Waals surface area contributed by atoms with E-state index >= 15 is 0 Å². The van der Waals surface area contributed by atoms with Crippen molar-refractivity contribution in [2.75, 3.05) is 12.4 Å². The van der Waals surface area contributed by atoms with Gasteiger partial charge in [-0.25, -0.2) is 0 Å². The number of anilines is 2. The fraction of sp³-hybridized carbons (Fsp3) is 0.0938. The fourth-order valence-electron chi connectivity index (χ4n) is 4.84. The van der Waals surface area contributed by atoms with Gasteiger partial charge in [-0.2, -0.15) is 0 Å². The first-order valence-electron chi connectivity index (χ1n) is 12.4. The minimum Gasteiger partial charge on any atom is -0.497 e. The van der Waals surface area contributed by atoms with Gasteiger partial charge in [-0.15, -0.1) is 10.2 Å². The number of pyridine rings is 1. The second-order valence-corrected chi connectivity index (χ2v) is 9.64. The Morgan fingerprint density at radius 1 is 0.789 bits per heavy atom. The standard InChI is InChI=1S/C32H25ClN4O/c1-20(26-17-18-34-30-19-25(38-2)15-16-27(26)30)21-9-13-24(14-10-21)35-32-29-6-4-3-5-28(29)31(36-37-32)22-7-11-23(33)12-8-22/h3-20H,1-2H3,(H,35,37). The van der Waals surface area contributed by atoms with Crippen molar-refractivity contribution < 1.29 is 4.74 Å². The summed E-state index contributed by atoms with van der Waals surface area (Å²) in [6.07, 6.45) is 1.86. The molecule has 0 spiro atoms. The Hall–Kier alpha value is -4.48. The number of hydrogen-bond donors (Lipinski definition) is 1. The van der Waals surface area contributed by atoms with Crippen LogP contribution in [0.15, 0.2) is 103 Å². The third kappa shape index (κ3) is 4.53. The summed E-state index contributed by atoms with van der Waals surface area (Å²) in [5.41, 5.74) is 6.13. The number of rotatable bonds is 6. The highest BCUT2D eigenvalue weighted by Gasteiger charge is 2.14. The molecule has 0 bridgehead atoms. The van der Waals surface area contributed by atoms with Crippen molar-refractivity contribution in [3.63, 3.8) is 0 Å². The molecule has 1 atom stereocenters. The molecule has 186 valence electrons. The molecular weight excluding hydrogens is 492 g/mol. The number of halogens is 1. The quantitative estimate of drug-likeness (QED) is 0.241. The molecule has 0 saturated heterocycles. The van der Waals surface area contributed by atoms with Crippen LogP contribution in [0.4, 0.5) is 11.5 Å². The van der Waals surface area contributed by atoms with E-state index < -0.39 is 0 Å². The molecule has 0 saturated carbocycles. The zero-order valence-corrected chi connectivity index (χ0v) is 21.8. The normalized spacial score (nSPS) is 12.0. The van der Waals surface area contributed by atoms with Crippen molar-refractivity contribution in [2.45, 2.75) is 12.8 Å². The smallest absolute Gasteiger partial charge is 0.161 e. The lowest BCUT2D eigenvalue weighted by Gasteiger charge is -2.16. The topological polar surface area (TPSA) is 59.9 Å². The van der Waals surface area contributed by atoms with Crippen molar-refractivity contribution in [3.8, 4) is 17.0 Å². The molecule has 6 heteroatoms. The first kappa shape index (κ1) is 23.9. The van der Waals surface area contributed by atoms with Crippen LogP contribution < -0.4 is 10.1 Å². The Bertz CT molecular complexity index is 1750. The number of fused-ring (bicyclic) bond motifs is 2. The molecule has 38 heavy (non-hydrogen) atoms. The van der Waals surface area contributed by atoms with Crippen molar-refractivity contribution >= 4 is 44.8 Å². The van der Waals surface area contributed by atoms with Gasteiger partial charge in [-0.05, 0) is 53.6 Å². The summed E-state index contributed by atoms with van der Waals surface area (Å²) in [7, 11) is 1.67. The first-order chi connectivity index (χ1) is 18.6. The minimum absolute atomic E-state index is 0.197. The summed E-state index contributed by atoms with van der Waals surface area (Å²) < 4.78 is 5.37. The molecular formula is C32H25ClN4O. The molecule has 4 aromatic carbocycles. The summed E-state index contributed by atoms with van der Waals surface area (Å²) in [6, 6.07) is 32.4. The molecule has 1 N–H and O–H groups in total. The molecule has 0 fully saturated rings. The number of nitrogens with zero attached hydrogens (tertiary/aromatic N) is 3. The van der Waals surface area contributed by atoms with E-state index in [1.165, 1.54) is 11.1 Å². The maximum absolute atomic E-state index is 6.08. The Morgan fingerprint density at radius 3 is 2.32 bits per heavy atom. The molecule has 2 aromatic heterocycles. The van der Waals surface area contributed by atoms with E-state index in [0.717, 1.165) is 44.4 Å². The molecule has 1 unspecified atom stereocenters. The van der Waals surface area contributed by atoms with Crippen LogP contribution in [-0.2, 0) is 0 Å². The highest BCUT2D eigenvalue weighted by atomic mass is 35.5. The number of methoxy groups -OCH3 is 1. The summed E-state index contributed by atoms with van der Waals surface area (Å²) in [6.45, 7) is 2.22. The van der Waals surface area contributed by atoms with E-state index in [-0.39, 0.29) is 5.92 Å². The van der Waals surface area contributed by atoms with E-state index in [0.29, 0.717) is 10.8 Å². The number of nitrogens with one attached hydrogen (secondary N) is 1. The predicted octanol–water partition coefficient (Wildman–Crippen LogP) is 8.40. The monoisotopic (exact) mass is 516 g/mol. The largest absolute Gasteiger partial charge is 0.497 e. The van der Waals surface area contributed by atoms with E-state index in [9.17, 15) is 0 Å². The van der Waals surface area contributed by atoms with Gasteiger partial charge in [0.1, 0.15) is 11.4 Å². The second kappa shape index (κ2) is 10.1. The maximum atomic E-state index is 6.08. The molecule has 0 aliphatic rings. The number of hydrogen-bond acceptors (Lipinski definition) is 5. The molecule has 2 heterocycles. The summed E-state index contributed by atoms with van der Waals surface area (Å²) in [4.78, 5) is 4.53. The van der Waals surface area contributed by atoms with E-state index in [1.54, 1.807) is 7.11 Å². The van der Waals surface area contributed by atoms with Crippen LogP contribution in [0.25, 0.3) is 32.9 Å².